The van der Waals surface area contributed by atoms with Gasteiger partial charge in [0.2, 0.25) is 0 Å². The highest BCUT2D eigenvalue weighted by molar-refractivity contribution is 5.77. The third kappa shape index (κ3) is 5.81. The van der Waals surface area contributed by atoms with Gasteiger partial charge in [0.05, 0.1) is 28.4 Å². The van der Waals surface area contributed by atoms with Crippen molar-refractivity contribution in [2.45, 2.75) is 0 Å². The van der Waals surface area contributed by atoms with Crippen LogP contribution in [0.3, 0.4) is 0 Å². The van der Waals surface area contributed by atoms with Crippen LogP contribution in [-0.4, -0.2) is 28.4 Å². The van der Waals surface area contributed by atoms with Crippen LogP contribution in [0.5, 0.6) is 23.0 Å². The molecule has 0 unspecified atom stereocenters. The number of hydrogen-bond acceptors (Lipinski definition) is 4. The van der Waals surface area contributed by atoms with E-state index in [9.17, 15) is 0 Å². The monoisotopic (exact) mass is 474 g/mol. The average Bonchev–Trinajstić information content (AvgIpc) is 2.94. The van der Waals surface area contributed by atoms with Crippen LogP contribution in [0.25, 0.3) is 11.1 Å². The molecule has 0 aliphatic rings. The van der Waals surface area contributed by atoms with Crippen LogP contribution in [0.1, 0.15) is 22.3 Å². The summed E-state index contributed by atoms with van der Waals surface area (Å²) in [5.41, 5.74) is 5.43. The molecule has 0 bridgehead atoms. The number of hydrogen-bond donors (Lipinski definition) is 0. The molecule has 0 heterocycles. The Hall–Kier alpha value is -4.80. The van der Waals surface area contributed by atoms with Gasteiger partial charge < -0.3 is 18.9 Å². The zero-order valence-corrected chi connectivity index (χ0v) is 20.7. The van der Waals surface area contributed by atoms with Gasteiger partial charge in [0, 0.05) is 34.4 Å². The molecule has 178 valence electrons. The summed E-state index contributed by atoms with van der Waals surface area (Å²) in [4.78, 5) is 0. The number of benzene rings is 4. The van der Waals surface area contributed by atoms with Gasteiger partial charge in [-0.25, -0.2) is 0 Å². The molecule has 4 rings (SSSR count). The van der Waals surface area contributed by atoms with Gasteiger partial charge in [-0.3, -0.25) is 0 Å². The number of ether oxygens (including phenoxy) is 4. The third-order valence-electron chi connectivity index (χ3n) is 5.53. The van der Waals surface area contributed by atoms with Crippen molar-refractivity contribution in [2.24, 2.45) is 0 Å². The predicted octanol–water partition coefficient (Wildman–Crippen LogP) is 6.19. The fourth-order valence-electron chi connectivity index (χ4n) is 3.69. The fraction of sp³-hybridized carbons (Fsp3) is 0.125. The van der Waals surface area contributed by atoms with Gasteiger partial charge in [-0.1, -0.05) is 60.1 Å². The SMILES string of the molecule is COc1cc(C#Cc2ccccc2-c2ccccc2C#Cc2cc(OC)cc(OC)c2)cc(OC)c1. The third-order valence-corrected chi connectivity index (χ3v) is 5.53. The van der Waals surface area contributed by atoms with Gasteiger partial charge >= 0.3 is 0 Å². The summed E-state index contributed by atoms with van der Waals surface area (Å²) in [5.74, 6) is 15.9. The van der Waals surface area contributed by atoms with Crippen LogP contribution in [0.2, 0.25) is 0 Å². The summed E-state index contributed by atoms with van der Waals surface area (Å²) in [6.07, 6.45) is 0. The molecule has 0 aliphatic heterocycles. The summed E-state index contributed by atoms with van der Waals surface area (Å²) in [6.45, 7) is 0. The van der Waals surface area contributed by atoms with Crippen LogP contribution in [-0.2, 0) is 0 Å². The van der Waals surface area contributed by atoms with E-state index in [0.29, 0.717) is 23.0 Å². The van der Waals surface area contributed by atoms with Gasteiger partial charge in [-0.15, -0.1) is 0 Å². The summed E-state index contributed by atoms with van der Waals surface area (Å²) in [5, 5.41) is 0. The van der Waals surface area contributed by atoms with Gasteiger partial charge in [-0.05, 0) is 47.5 Å². The summed E-state index contributed by atoms with van der Waals surface area (Å²) in [7, 11) is 6.50. The van der Waals surface area contributed by atoms with Gasteiger partial charge in [0.1, 0.15) is 23.0 Å². The van der Waals surface area contributed by atoms with Gasteiger partial charge in [0.15, 0.2) is 0 Å². The van der Waals surface area contributed by atoms with Crippen molar-refractivity contribution >= 4 is 0 Å². The average molecular weight is 475 g/mol. The first-order valence-corrected chi connectivity index (χ1v) is 11.3. The Morgan fingerprint density at radius 3 is 1.08 bits per heavy atom. The van der Waals surface area contributed by atoms with E-state index in [2.05, 4.69) is 35.8 Å². The van der Waals surface area contributed by atoms with E-state index in [1.165, 1.54) is 0 Å². The molecule has 0 aliphatic carbocycles. The van der Waals surface area contributed by atoms with E-state index < -0.39 is 0 Å². The van der Waals surface area contributed by atoms with Crippen LogP contribution in [0.15, 0.2) is 84.9 Å². The smallest absolute Gasteiger partial charge is 0.123 e. The molecule has 0 saturated carbocycles. The van der Waals surface area contributed by atoms with Crippen molar-refractivity contribution in [1.29, 1.82) is 0 Å². The molecule has 4 nitrogen and oxygen atoms in total. The quantitative estimate of drug-likeness (QED) is 0.323. The van der Waals surface area contributed by atoms with Crippen molar-refractivity contribution in [3.8, 4) is 57.8 Å². The molecule has 4 heteroatoms. The van der Waals surface area contributed by atoms with E-state index in [4.69, 9.17) is 18.9 Å². The minimum absolute atomic E-state index is 0.696. The largest absolute Gasteiger partial charge is 0.497 e. The summed E-state index contributed by atoms with van der Waals surface area (Å²) in [6, 6.07) is 27.3. The van der Waals surface area contributed by atoms with E-state index >= 15 is 0 Å². The van der Waals surface area contributed by atoms with Crippen LogP contribution in [0.4, 0.5) is 0 Å². The molecule has 0 aromatic heterocycles. The van der Waals surface area contributed by atoms with Crippen LogP contribution >= 0.6 is 0 Å². The maximum Gasteiger partial charge on any atom is 0.123 e. The minimum atomic E-state index is 0.696. The molecule has 0 radical (unpaired) electrons. The Morgan fingerprint density at radius 2 is 0.750 bits per heavy atom. The molecule has 0 fully saturated rings. The molecular formula is C32H26O4. The Balaban J connectivity index is 1.74. The first kappa shape index (κ1) is 24.3. The Kier molecular flexibility index (Phi) is 7.81. The topological polar surface area (TPSA) is 36.9 Å². The molecule has 0 saturated heterocycles. The molecule has 0 N–H and O–H groups in total. The lowest BCUT2D eigenvalue weighted by Gasteiger charge is -2.08. The lowest BCUT2D eigenvalue weighted by Crippen LogP contribution is -1.90. The minimum Gasteiger partial charge on any atom is -0.497 e. The molecular weight excluding hydrogens is 448 g/mol. The lowest BCUT2D eigenvalue weighted by molar-refractivity contribution is 0.394. The first-order valence-electron chi connectivity index (χ1n) is 11.3. The van der Waals surface area contributed by atoms with E-state index in [0.717, 1.165) is 33.4 Å². The van der Waals surface area contributed by atoms with Crippen molar-refractivity contribution in [3.63, 3.8) is 0 Å². The van der Waals surface area contributed by atoms with Crippen molar-refractivity contribution in [2.75, 3.05) is 28.4 Å². The summed E-state index contributed by atoms with van der Waals surface area (Å²) < 4.78 is 21.5. The Morgan fingerprint density at radius 1 is 0.417 bits per heavy atom. The lowest BCUT2D eigenvalue weighted by atomic mass is 9.95. The Bertz CT molecular complexity index is 1340. The number of methoxy groups -OCH3 is 4. The molecule has 0 spiro atoms. The fourth-order valence-corrected chi connectivity index (χ4v) is 3.69. The predicted molar refractivity (Wildman–Crippen MR) is 143 cm³/mol. The number of rotatable bonds is 5. The first-order chi connectivity index (χ1) is 17.6. The zero-order valence-electron chi connectivity index (χ0n) is 20.7. The van der Waals surface area contributed by atoms with Gasteiger partial charge in [0.25, 0.3) is 0 Å². The molecule has 4 aromatic carbocycles. The molecule has 4 aromatic rings. The maximum absolute atomic E-state index is 5.37. The van der Waals surface area contributed by atoms with Crippen molar-refractivity contribution < 1.29 is 18.9 Å². The highest BCUT2D eigenvalue weighted by atomic mass is 16.5. The molecule has 0 atom stereocenters. The standard InChI is InChI=1S/C32H26O4/c1-33-27-17-23(18-28(21-27)34-2)13-15-25-9-5-7-11-31(25)32-12-8-6-10-26(32)16-14-24-19-29(35-3)22-30(20-24)36-4/h5-12,17-22H,1-4H3. The Labute approximate surface area is 212 Å². The van der Waals surface area contributed by atoms with E-state index in [-0.39, 0.29) is 0 Å². The van der Waals surface area contributed by atoms with Crippen LogP contribution < -0.4 is 18.9 Å². The van der Waals surface area contributed by atoms with E-state index in [1.54, 1.807) is 28.4 Å². The normalized spacial score (nSPS) is 9.78. The second-order valence-electron chi connectivity index (χ2n) is 7.79. The zero-order chi connectivity index (χ0) is 25.3. The van der Waals surface area contributed by atoms with Crippen molar-refractivity contribution in [1.82, 2.24) is 0 Å². The van der Waals surface area contributed by atoms with Crippen molar-refractivity contribution in [3.05, 3.63) is 107 Å². The van der Waals surface area contributed by atoms with Crippen LogP contribution in [0, 0.1) is 23.7 Å². The highest BCUT2D eigenvalue weighted by Crippen LogP contribution is 2.28. The molecule has 36 heavy (non-hydrogen) atoms. The van der Waals surface area contributed by atoms with Gasteiger partial charge in [-0.2, -0.15) is 0 Å². The summed E-state index contributed by atoms with van der Waals surface area (Å²) >= 11 is 0. The highest BCUT2D eigenvalue weighted by Gasteiger charge is 2.07. The second kappa shape index (κ2) is 11.6. The van der Waals surface area contributed by atoms with E-state index in [1.807, 2.05) is 72.8 Å². The molecule has 0 amide bonds. The second-order valence-corrected chi connectivity index (χ2v) is 7.79. The maximum atomic E-state index is 5.37.